The number of rotatable bonds is 1. The third-order valence-corrected chi connectivity index (χ3v) is 2.61. The van der Waals surface area contributed by atoms with Crippen molar-refractivity contribution >= 4 is 11.7 Å². The average Bonchev–Trinajstić information content (AvgIpc) is 2.29. The molecule has 7 heteroatoms. The summed E-state index contributed by atoms with van der Waals surface area (Å²) in [5.74, 6) is 0.642. The summed E-state index contributed by atoms with van der Waals surface area (Å²) in [6, 6.07) is 0. The molecule has 0 aromatic carbocycles. The fourth-order valence-corrected chi connectivity index (χ4v) is 1.71. The lowest BCUT2D eigenvalue weighted by Gasteiger charge is -2.34. The van der Waals surface area contributed by atoms with E-state index in [0.717, 1.165) is 0 Å². The minimum Gasteiger partial charge on any atom is -0.352 e. The van der Waals surface area contributed by atoms with Gasteiger partial charge in [0.15, 0.2) is 5.82 Å². The van der Waals surface area contributed by atoms with Gasteiger partial charge in [-0.1, -0.05) is 0 Å². The van der Waals surface area contributed by atoms with Crippen molar-refractivity contribution < 1.29 is 4.79 Å². The van der Waals surface area contributed by atoms with E-state index in [0.29, 0.717) is 32.0 Å². The molecule has 1 aromatic rings. The number of hydrogen-bond acceptors (Lipinski definition) is 5. The Bertz CT molecular complexity index is 436. The minimum atomic E-state index is -0.452. The van der Waals surface area contributed by atoms with Crippen molar-refractivity contribution in [2.24, 2.45) is 0 Å². The highest BCUT2D eigenvalue weighted by atomic mass is 16.2. The van der Waals surface area contributed by atoms with Crippen molar-refractivity contribution in [3.05, 3.63) is 16.7 Å². The molecule has 1 aromatic heterocycles. The van der Waals surface area contributed by atoms with Crippen LogP contribution in [-0.2, 0) is 4.79 Å². The van der Waals surface area contributed by atoms with E-state index in [4.69, 9.17) is 0 Å². The van der Waals surface area contributed by atoms with Crippen molar-refractivity contribution in [2.45, 2.75) is 6.92 Å². The molecule has 0 atom stereocenters. The molecule has 16 heavy (non-hydrogen) atoms. The topological polar surface area (TPSA) is 82.2 Å². The van der Waals surface area contributed by atoms with Crippen LogP contribution in [0.4, 0.5) is 5.82 Å². The molecular weight excluding hydrogens is 210 g/mol. The molecule has 2 rings (SSSR count). The highest BCUT2D eigenvalue weighted by molar-refractivity contribution is 5.73. The number of amides is 1. The number of anilines is 1. The molecule has 1 aliphatic rings. The molecule has 0 unspecified atom stereocenters. The molecule has 1 N–H and O–H groups in total. The number of aromatic amines is 1. The van der Waals surface area contributed by atoms with Crippen LogP contribution in [0.2, 0.25) is 0 Å². The second kappa shape index (κ2) is 4.30. The lowest BCUT2D eigenvalue weighted by atomic mass is 10.3. The summed E-state index contributed by atoms with van der Waals surface area (Å²) in [7, 11) is 0. The number of H-pyrrole nitrogens is 1. The zero-order valence-electron chi connectivity index (χ0n) is 9.01. The van der Waals surface area contributed by atoms with Crippen LogP contribution in [0.1, 0.15) is 6.92 Å². The summed E-state index contributed by atoms with van der Waals surface area (Å²) in [6.45, 7) is 4.23. The van der Waals surface area contributed by atoms with E-state index in [1.807, 2.05) is 4.90 Å². The van der Waals surface area contributed by atoms with E-state index < -0.39 is 5.69 Å². The van der Waals surface area contributed by atoms with Crippen LogP contribution in [0.3, 0.4) is 0 Å². The van der Waals surface area contributed by atoms with Crippen molar-refractivity contribution in [1.29, 1.82) is 0 Å². The Balaban J connectivity index is 2.04. The Hall–Kier alpha value is -1.92. The summed E-state index contributed by atoms with van der Waals surface area (Å²) >= 11 is 0. The molecule has 1 fully saturated rings. The van der Waals surface area contributed by atoms with Gasteiger partial charge in [0.2, 0.25) is 5.91 Å². The molecule has 2 heterocycles. The Morgan fingerprint density at radius 2 is 2.06 bits per heavy atom. The Morgan fingerprint density at radius 3 is 2.62 bits per heavy atom. The number of aromatic nitrogens is 3. The number of carbonyl (C=O) groups excluding carboxylic acids is 1. The SMILES string of the molecule is CC(=O)N1CCN(c2cn[nH]c(=O)n2)CC1. The molecule has 7 nitrogen and oxygen atoms in total. The largest absolute Gasteiger partial charge is 0.363 e. The molecule has 0 aliphatic carbocycles. The molecule has 1 saturated heterocycles. The first kappa shape index (κ1) is 10.6. The van der Waals surface area contributed by atoms with E-state index in [1.54, 1.807) is 11.8 Å². The van der Waals surface area contributed by atoms with Crippen LogP contribution < -0.4 is 10.6 Å². The van der Waals surface area contributed by atoms with E-state index in [2.05, 4.69) is 15.2 Å². The number of piperazine rings is 1. The van der Waals surface area contributed by atoms with E-state index in [9.17, 15) is 9.59 Å². The molecule has 1 aliphatic heterocycles. The van der Waals surface area contributed by atoms with Crippen LogP contribution in [0, 0.1) is 0 Å². The number of carbonyl (C=O) groups is 1. The highest BCUT2D eigenvalue weighted by Gasteiger charge is 2.19. The maximum atomic E-state index is 11.1. The number of hydrogen-bond donors (Lipinski definition) is 1. The van der Waals surface area contributed by atoms with Gasteiger partial charge in [-0.25, -0.2) is 9.89 Å². The van der Waals surface area contributed by atoms with Crippen LogP contribution in [-0.4, -0.2) is 52.2 Å². The van der Waals surface area contributed by atoms with Crippen molar-refractivity contribution in [1.82, 2.24) is 20.1 Å². The maximum absolute atomic E-state index is 11.1. The van der Waals surface area contributed by atoms with E-state index in [-0.39, 0.29) is 5.91 Å². The fourth-order valence-electron chi connectivity index (χ4n) is 1.71. The molecular formula is C9H13N5O2. The van der Waals surface area contributed by atoms with Crippen molar-refractivity contribution in [2.75, 3.05) is 31.1 Å². The molecule has 0 saturated carbocycles. The number of nitrogens with zero attached hydrogens (tertiary/aromatic N) is 4. The second-order valence-corrected chi connectivity index (χ2v) is 3.64. The molecule has 0 radical (unpaired) electrons. The summed E-state index contributed by atoms with van der Waals surface area (Å²) < 4.78 is 0. The van der Waals surface area contributed by atoms with Crippen LogP contribution in [0.5, 0.6) is 0 Å². The molecule has 0 bridgehead atoms. The van der Waals surface area contributed by atoms with Crippen LogP contribution in [0.25, 0.3) is 0 Å². The van der Waals surface area contributed by atoms with Gasteiger partial charge in [0.25, 0.3) is 0 Å². The fraction of sp³-hybridized carbons (Fsp3) is 0.556. The van der Waals surface area contributed by atoms with Crippen LogP contribution >= 0.6 is 0 Å². The van der Waals surface area contributed by atoms with Gasteiger partial charge >= 0.3 is 5.69 Å². The van der Waals surface area contributed by atoms with Gasteiger partial charge in [0, 0.05) is 33.1 Å². The van der Waals surface area contributed by atoms with Gasteiger partial charge in [-0.3, -0.25) is 4.79 Å². The first-order valence-corrected chi connectivity index (χ1v) is 5.09. The predicted octanol–water partition coefficient (Wildman–Crippen LogP) is -1.17. The standard InChI is InChI=1S/C9H13N5O2/c1-7(15)13-2-4-14(5-3-13)8-6-10-12-9(16)11-8/h6H,2-5H2,1H3,(H,11,12,16). The zero-order valence-corrected chi connectivity index (χ0v) is 9.01. The summed E-state index contributed by atoms with van der Waals surface area (Å²) in [5.41, 5.74) is -0.452. The third kappa shape index (κ3) is 2.18. The number of nitrogens with one attached hydrogen (secondary N) is 1. The van der Waals surface area contributed by atoms with Gasteiger partial charge in [-0.2, -0.15) is 10.1 Å². The van der Waals surface area contributed by atoms with Gasteiger partial charge in [0.05, 0.1) is 6.20 Å². The lowest BCUT2D eigenvalue weighted by Crippen LogP contribution is -2.48. The molecule has 1 amide bonds. The second-order valence-electron chi connectivity index (χ2n) is 3.64. The Labute approximate surface area is 92.1 Å². The summed E-state index contributed by atoms with van der Waals surface area (Å²) in [5, 5.41) is 5.92. The predicted molar refractivity (Wildman–Crippen MR) is 57.1 cm³/mol. The highest BCUT2D eigenvalue weighted by Crippen LogP contribution is 2.09. The molecule has 86 valence electrons. The van der Waals surface area contributed by atoms with Gasteiger partial charge < -0.3 is 9.80 Å². The quantitative estimate of drug-likeness (QED) is 0.649. The summed E-state index contributed by atoms with van der Waals surface area (Å²) in [4.78, 5) is 29.6. The van der Waals surface area contributed by atoms with E-state index >= 15 is 0 Å². The third-order valence-electron chi connectivity index (χ3n) is 2.61. The van der Waals surface area contributed by atoms with Crippen LogP contribution in [0.15, 0.2) is 11.0 Å². The normalized spacial score (nSPS) is 16.3. The monoisotopic (exact) mass is 223 g/mol. The summed E-state index contributed by atoms with van der Waals surface area (Å²) in [6.07, 6.45) is 1.52. The minimum absolute atomic E-state index is 0.0802. The molecule has 0 spiro atoms. The van der Waals surface area contributed by atoms with Gasteiger partial charge in [0.1, 0.15) is 0 Å². The maximum Gasteiger partial charge on any atom is 0.363 e. The van der Waals surface area contributed by atoms with E-state index in [1.165, 1.54) is 6.20 Å². The first-order chi connectivity index (χ1) is 7.66. The Morgan fingerprint density at radius 1 is 1.38 bits per heavy atom. The Kier molecular flexibility index (Phi) is 2.84. The smallest absolute Gasteiger partial charge is 0.352 e. The van der Waals surface area contributed by atoms with Gasteiger partial charge in [-0.15, -0.1) is 0 Å². The van der Waals surface area contributed by atoms with Crippen molar-refractivity contribution in [3.8, 4) is 0 Å². The lowest BCUT2D eigenvalue weighted by molar-refractivity contribution is -0.129. The van der Waals surface area contributed by atoms with Crippen molar-refractivity contribution in [3.63, 3.8) is 0 Å². The van der Waals surface area contributed by atoms with Gasteiger partial charge in [-0.05, 0) is 0 Å². The average molecular weight is 223 g/mol. The zero-order chi connectivity index (χ0) is 11.5. The first-order valence-electron chi connectivity index (χ1n) is 5.09.